The molecular weight excluding hydrogens is 272 g/mol. The van der Waals surface area contributed by atoms with Crippen molar-refractivity contribution in [3.8, 4) is 11.1 Å². The number of benzene rings is 2. The predicted molar refractivity (Wildman–Crippen MR) is 86.9 cm³/mol. The molecular formula is C19H17N2O+. The molecule has 0 unspecified atom stereocenters. The van der Waals surface area contributed by atoms with Crippen molar-refractivity contribution in [1.29, 1.82) is 0 Å². The van der Waals surface area contributed by atoms with E-state index in [-0.39, 0.29) is 5.91 Å². The Balaban J connectivity index is 1.82. The summed E-state index contributed by atoms with van der Waals surface area (Å²) in [7, 11) is 0. The van der Waals surface area contributed by atoms with E-state index in [2.05, 4.69) is 17.6 Å². The molecule has 0 aliphatic heterocycles. The highest BCUT2D eigenvalue weighted by Crippen LogP contribution is 2.20. The Kier molecular flexibility index (Phi) is 3.97. The van der Waals surface area contributed by atoms with Crippen molar-refractivity contribution in [3.05, 3.63) is 90.3 Å². The van der Waals surface area contributed by atoms with Gasteiger partial charge in [0.15, 0.2) is 0 Å². The third-order valence-electron chi connectivity index (χ3n) is 3.51. The smallest absolute Gasteiger partial charge is 0.264 e. The number of aromatic nitrogens is 1. The Morgan fingerprint density at radius 1 is 0.909 bits per heavy atom. The van der Waals surface area contributed by atoms with Crippen LogP contribution in [0.3, 0.4) is 0 Å². The summed E-state index contributed by atoms with van der Waals surface area (Å²) in [5.74, 6) is -0.127. The second-order valence-electron chi connectivity index (χ2n) is 5.12. The van der Waals surface area contributed by atoms with Gasteiger partial charge in [0.1, 0.15) is 0 Å². The summed E-state index contributed by atoms with van der Waals surface area (Å²) in [4.78, 5) is 12.1. The van der Waals surface area contributed by atoms with Crippen LogP contribution in [0.15, 0.2) is 79.1 Å². The number of hydrogen-bond donors (Lipinski definition) is 1. The summed E-state index contributed by atoms with van der Waals surface area (Å²) in [6, 6.07) is 21.4. The van der Waals surface area contributed by atoms with Gasteiger partial charge in [0.05, 0.1) is 0 Å². The number of amides is 1. The fourth-order valence-electron chi connectivity index (χ4n) is 2.39. The zero-order chi connectivity index (χ0) is 15.4. The van der Waals surface area contributed by atoms with E-state index in [1.807, 2.05) is 61.8 Å². The van der Waals surface area contributed by atoms with Crippen LogP contribution in [-0.4, -0.2) is 5.91 Å². The minimum Gasteiger partial charge on any atom is -0.264 e. The van der Waals surface area contributed by atoms with E-state index in [1.165, 1.54) is 5.56 Å². The lowest BCUT2D eigenvalue weighted by Crippen LogP contribution is -2.48. The lowest BCUT2D eigenvalue weighted by molar-refractivity contribution is -0.641. The topological polar surface area (TPSA) is 33.0 Å². The molecule has 0 radical (unpaired) electrons. The zero-order valence-electron chi connectivity index (χ0n) is 12.4. The molecule has 1 amide bonds. The third kappa shape index (κ3) is 3.04. The van der Waals surface area contributed by atoms with E-state index in [9.17, 15) is 4.79 Å². The highest BCUT2D eigenvalue weighted by molar-refractivity contribution is 5.98. The Hall–Kier alpha value is -2.94. The molecule has 1 N–H and O–H groups in total. The molecule has 0 aliphatic rings. The maximum absolute atomic E-state index is 12.1. The van der Waals surface area contributed by atoms with Gasteiger partial charge in [-0.3, -0.25) is 4.79 Å². The molecule has 3 heteroatoms. The van der Waals surface area contributed by atoms with Gasteiger partial charge >= 0.3 is 5.91 Å². The lowest BCUT2D eigenvalue weighted by atomic mass is 10.0. The molecule has 0 saturated heterocycles. The molecule has 3 aromatic rings. The van der Waals surface area contributed by atoms with E-state index in [0.717, 1.165) is 11.1 Å². The Morgan fingerprint density at radius 2 is 1.55 bits per heavy atom. The minimum atomic E-state index is -0.127. The standard InChI is InChI=1S/C19H16N2O/c1-15-14-21(20-19(22)17-10-6-3-7-11-17)13-12-18(15)16-8-4-2-5-9-16/h2-14H,1H3/p+1. The Morgan fingerprint density at radius 3 is 2.18 bits per heavy atom. The van der Waals surface area contributed by atoms with Gasteiger partial charge in [-0.15, -0.1) is 5.43 Å². The van der Waals surface area contributed by atoms with Crippen molar-refractivity contribution in [1.82, 2.24) is 0 Å². The highest BCUT2D eigenvalue weighted by Gasteiger charge is 2.12. The van der Waals surface area contributed by atoms with Crippen molar-refractivity contribution in [2.75, 3.05) is 5.43 Å². The first-order valence-electron chi connectivity index (χ1n) is 7.18. The normalized spacial score (nSPS) is 10.2. The number of pyridine rings is 1. The molecule has 22 heavy (non-hydrogen) atoms. The van der Waals surface area contributed by atoms with Gasteiger partial charge in [-0.25, -0.2) is 0 Å². The first-order valence-corrected chi connectivity index (χ1v) is 7.18. The van der Waals surface area contributed by atoms with E-state index in [0.29, 0.717) is 5.56 Å². The summed E-state index contributed by atoms with van der Waals surface area (Å²) < 4.78 is 1.69. The molecule has 3 rings (SSSR count). The average molecular weight is 289 g/mol. The second kappa shape index (κ2) is 6.22. The summed E-state index contributed by atoms with van der Waals surface area (Å²) in [5.41, 5.74) is 6.92. The van der Waals surface area contributed by atoms with E-state index < -0.39 is 0 Å². The number of rotatable bonds is 3. The number of nitrogens with one attached hydrogen (secondary N) is 1. The van der Waals surface area contributed by atoms with Crippen molar-refractivity contribution < 1.29 is 9.47 Å². The third-order valence-corrected chi connectivity index (χ3v) is 3.51. The van der Waals surface area contributed by atoms with Crippen molar-refractivity contribution >= 4 is 5.91 Å². The van der Waals surface area contributed by atoms with E-state index in [1.54, 1.807) is 16.8 Å². The van der Waals surface area contributed by atoms with Crippen LogP contribution >= 0.6 is 0 Å². The summed E-state index contributed by atoms with van der Waals surface area (Å²) in [5, 5.41) is 0. The van der Waals surface area contributed by atoms with Crippen LogP contribution in [-0.2, 0) is 0 Å². The summed E-state index contributed by atoms with van der Waals surface area (Å²) >= 11 is 0. The van der Waals surface area contributed by atoms with Gasteiger partial charge in [0.2, 0.25) is 12.4 Å². The molecule has 0 spiro atoms. The van der Waals surface area contributed by atoms with Crippen molar-refractivity contribution in [2.45, 2.75) is 6.92 Å². The van der Waals surface area contributed by atoms with Gasteiger partial charge in [0, 0.05) is 17.2 Å². The van der Waals surface area contributed by atoms with Crippen LogP contribution in [0.25, 0.3) is 11.1 Å². The monoisotopic (exact) mass is 289 g/mol. The predicted octanol–water partition coefficient (Wildman–Crippen LogP) is 3.33. The van der Waals surface area contributed by atoms with E-state index >= 15 is 0 Å². The summed E-state index contributed by atoms with van der Waals surface area (Å²) in [6.45, 7) is 2.04. The zero-order valence-corrected chi connectivity index (χ0v) is 12.4. The lowest BCUT2D eigenvalue weighted by Gasteiger charge is -2.05. The van der Waals surface area contributed by atoms with Crippen LogP contribution in [0.1, 0.15) is 15.9 Å². The fourth-order valence-corrected chi connectivity index (χ4v) is 2.39. The molecule has 2 aromatic carbocycles. The molecule has 1 aromatic heterocycles. The number of hydrogen-bond acceptors (Lipinski definition) is 1. The molecule has 1 heterocycles. The fraction of sp³-hybridized carbons (Fsp3) is 0.0526. The van der Waals surface area contributed by atoms with Gasteiger partial charge in [-0.2, -0.15) is 0 Å². The van der Waals surface area contributed by atoms with Crippen LogP contribution in [0.4, 0.5) is 0 Å². The summed E-state index contributed by atoms with van der Waals surface area (Å²) in [6.07, 6.45) is 3.78. The first-order chi connectivity index (χ1) is 10.7. The van der Waals surface area contributed by atoms with Gasteiger partial charge < -0.3 is 0 Å². The van der Waals surface area contributed by atoms with Crippen molar-refractivity contribution in [3.63, 3.8) is 0 Å². The van der Waals surface area contributed by atoms with E-state index in [4.69, 9.17) is 0 Å². The van der Waals surface area contributed by atoms with Crippen LogP contribution in [0, 0.1) is 6.92 Å². The molecule has 0 bridgehead atoms. The molecule has 3 nitrogen and oxygen atoms in total. The average Bonchev–Trinajstić information content (AvgIpc) is 2.56. The molecule has 0 fully saturated rings. The molecule has 0 saturated carbocycles. The first kappa shape index (κ1) is 14.0. The van der Waals surface area contributed by atoms with Crippen LogP contribution in [0.2, 0.25) is 0 Å². The van der Waals surface area contributed by atoms with Crippen molar-refractivity contribution in [2.24, 2.45) is 0 Å². The Bertz CT molecular complexity index is 783. The van der Waals surface area contributed by atoms with Gasteiger partial charge in [-0.05, 0) is 30.2 Å². The number of nitrogens with zero attached hydrogens (tertiary/aromatic N) is 1. The number of carbonyl (C=O) groups is 1. The minimum absolute atomic E-state index is 0.127. The second-order valence-corrected chi connectivity index (χ2v) is 5.12. The van der Waals surface area contributed by atoms with Crippen LogP contribution in [0.5, 0.6) is 0 Å². The highest BCUT2D eigenvalue weighted by atomic mass is 16.2. The largest absolute Gasteiger partial charge is 0.305 e. The molecule has 108 valence electrons. The van der Waals surface area contributed by atoms with Gasteiger partial charge in [0.25, 0.3) is 0 Å². The maximum atomic E-state index is 12.1. The quantitative estimate of drug-likeness (QED) is 0.737. The number of aryl methyl sites for hydroxylation is 1. The SMILES string of the molecule is Cc1c[n+](NC(=O)c2ccccc2)ccc1-c1ccccc1. The Labute approximate surface area is 129 Å². The van der Waals surface area contributed by atoms with Crippen LogP contribution < -0.4 is 10.1 Å². The van der Waals surface area contributed by atoms with Gasteiger partial charge in [-0.1, -0.05) is 53.2 Å². The molecule has 0 aliphatic carbocycles. The number of carbonyl (C=O) groups excluding carboxylic acids is 1. The maximum Gasteiger partial charge on any atom is 0.305 e. The molecule has 0 atom stereocenters.